The summed E-state index contributed by atoms with van der Waals surface area (Å²) in [6.07, 6.45) is 4.02. The van der Waals surface area contributed by atoms with Gasteiger partial charge in [0.05, 0.1) is 12.1 Å². The third kappa shape index (κ3) is 3.70. The lowest BCUT2D eigenvalue weighted by Gasteiger charge is -2.14. The van der Waals surface area contributed by atoms with Gasteiger partial charge in [0.2, 0.25) is 11.7 Å². The van der Waals surface area contributed by atoms with Gasteiger partial charge in [0.1, 0.15) is 0 Å². The van der Waals surface area contributed by atoms with Crippen LogP contribution in [0.15, 0.2) is 55.2 Å². The van der Waals surface area contributed by atoms with E-state index in [4.69, 9.17) is 0 Å². The van der Waals surface area contributed by atoms with Crippen LogP contribution in [-0.2, 0) is 27.1 Å². The van der Waals surface area contributed by atoms with Gasteiger partial charge in [-0.3, -0.25) is 23.3 Å². The quantitative estimate of drug-likeness (QED) is 0.356. The summed E-state index contributed by atoms with van der Waals surface area (Å²) in [7, 11) is 2.86. The molecule has 3 aromatic heterocycles. The Hall–Kier alpha value is -3.53. The highest BCUT2D eigenvalue weighted by atomic mass is 32.2. The van der Waals surface area contributed by atoms with Crippen molar-refractivity contribution in [3.05, 3.63) is 78.2 Å². The van der Waals surface area contributed by atoms with E-state index >= 15 is 0 Å². The highest BCUT2D eigenvalue weighted by Crippen LogP contribution is 2.23. The number of aryl methyl sites for hydroxylation is 1. The standard InChI is InChI=1S/C23H25N5O4S/c1-13(2)6-11-16-19(29)27(12-14-7-9-15(33-5)10-8-14)22-24-18-17(28(22)20(16)30)21(31)26(4)23(32)25(18)3/h6-10,29H,11-12H2,1-5H3. The van der Waals surface area contributed by atoms with E-state index in [-0.39, 0.29) is 41.4 Å². The summed E-state index contributed by atoms with van der Waals surface area (Å²) in [4.78, 5) is 44.5. The summed E-state index contributed by atoms with van der Waals surface area (Å²) in [5.74, 6) is -0.114. The number of hydrogen-bond donors (Lipinski definition) is 1. The maximum absolute atomic E-state index is 13.5. The van der Waals surface area contributed by atoms with Crippen LogP contribution in [0, 0.1) is 0 Å². The monoisotopic (exact) mass is 467 g/mol. The fourth-order valence-corrected chi connectivity index (χ4v) is 4.20. The minimum Gasteiger partial charge on any atom is -0.494 e. The molecule has 3 heterocycles. The van der Waals surface area contributed by atoms with Crippen LogP contribution in [0.4, 0.5) is 0 Å². The van der Waals surface area contributed by atoms with Crippen molar-refractivity contribution in [1.82, 2.24) is 23.1 Å². The number of benzene rings is 1. The molecule has 0 bridgehead atoms. The van der Waals surface area contributed by atoms with E-state index in [9.17, 15) is 19.5 Å². The topological polar surface area (TPSA) is 104 Å². The second kappa shape index (κ2) is 8.43. The second-order valence-electron chi connectivity index (χ2n) is 8.15. The Morgan fingerprint density at radius 3 is 2.33 bits per heavy atom. The first-order valence-electron chi connectivity index (χ1n) is 10.3. The number of allylic oxidation sites excluding steroid dienone is 2. The van der Waals surface area contributed by atoms with Crippen molar-refractivity contribution in [3.63, 3.8) is 0 Å². The lowest BCUT2D eigenvalue weighted by Crippen LogP contribution is -2.38. The molecule has 1 aromatic carbocycles. The number of rotatable bonds is 5. The maximum Gasteiger partial charge on any atom is 0.332 e. The van der Waals surface area contributed by atoms with Gasteiger partial charge in [0.15, 0.2) is 11.2 Å². The van der Waals surface area contributed by atoms with Gasteiger partial charge >= 0.3 is 5.69 Å². The molecule has 0 aliphatic heterocycles. The van der Waals surface area contributed by atoms with Gasteiger partial charge in [0.25, 0.3) is 11.1 Å². The molecule has 33 heavy (non-hydrogen) atoms. The molecule has 0 atom stereocenters. The Kier molecular flexibility index (Phi) is 5.79. The molecule has 172 valence electrons. The smallest absolute Gasteiger partial charge is 0.332 e. The molecule has 4 aromatic rings. The molecule has 0 radical (unpaired) electrons. The van der Waals surface area contributed by atoms with Crippen molar-refractivity contribution < 1.29 is 5.11 Å². The molecule has 0 amide bonds. The molecule has 0 saturated carbocycles. The number of fused-ring (bicyclic) bond motifs is 3. The lowest BCUT2D eigenvalue weighted by atomic mass is 10.1. The Bertz CT molecular complexity index is 1600. The average Bonchev–Trinajstić information content (AvgIpc) is 3.20. The number of aromatic hydroxyl groups is 1. The molecular formula is C23H25N5O4S. The predicted octanol–water partition coefficient (Wildman–Crippen LogP) is 2.03. The van der Waals surface area contributed by atoms with Gasteiger partial charge in [-0.15, -0.1) is 11.8 Å². The minimum absolute atomic E-state index is 0.00420. The van der Waals surface area contributed by atoms with Gasteiger partial charge in [-0.1, -0.05) is 23.8 Å². The lowest BCUT2D eigenvalue weighted by molar-refractivity contribution is 0.413. The first-order valence-corrected chi connectivity index (χ1v) is 11.6. The number of thioether (sulfide) groups is 1. The highest BCUT2D eigenvalue weighted by molar-refractivity contribution is 7.98. The zero-order valence-corrected chi connectivity index (χ0v) is 19.9. The molecule has 10 heteroatoms. The molecule has 0 aliphatic rings. The summed E-state index contributed by atoms with van der Waals surface area (Å²) in [5.41, 5.74) is 0.420. The van der Waals surface area contributed by atoms with Crippen molar-refractivity contribution in [3.8, 4) is 5.88 Å². The largest absolute Gasteiger partial charge is 0.494 e. The first-order chi connectivity index (χ1) is 15.6. The Morgan fingerprint density at radius 1 is 1.06 bits per heavy atom. The van der Waals surface area contributed by atoms with Gasteiger partial charge in [-0.2, -0.15) is 4.98 Å². The highest BCUT2D eigenvalue weighted by Gasteiger charge is 2.23. The summed E-state index contributed by atoms with van der Waals surface area (Å²) < 4.78 is 4.90. The van der Waals surface area contributed by atoms with E-state index in [1.54, 1.807) is 11.8 Å². The zero-order chi connectivity index (χ0) is 24.0. The van der Waals surface area contributed by atoms with E-state index in [0.717, 1.165) is 20.6 Å². The summed E-state index contributed by atoms with van der Waals surface area (Å²) >= 11 is 1.62. The zero-order valence-electron chi connectivity index (χ0n) is 19.1. The summed E-state index contributed by atoms with van der Waals surface area (Å²) in [6.45, 7) is 4.03. The Morgan fingerprint density at radius 2 is 1.73 bits per heavy atom. The van der Waals surface area contributed by atoms with Crippen LogP contribution in [0.5, 0.6) is 5.88 Å². The third-order valence-corrected chi connectivity index (χ3v) is 6.43. The molecule has 0 spiro atoms. The summed E-state index contributed by atoms with van der Waals surface area (Å²) in [6, 6.07) is 7.82. The minimum atomic E-state index is -0.618. The molecule has 0 fully saturated rings. The Balaban J connectivity index is 2.12. The van der Waals surface area contributed by atoms with Crippen LogP contribution in [-0.4, -0.2) is 34.4 Å². The average molecular weight is 468 g/mol. The van der Waals surface area contributed by atoms with Gasteiger partial charge in [0, 0.05) is 25.4 Å². The fraction of sp³-hybridized carbons (Fsp3) is 0.304. The molecule has 4 rings (SSSR count). The second-order valence-corrected chi connectivity index (χ2v) is 9.03. The molecule has 9 nitrogen and oxygen atoms in total. The van der Waals surface area contributed by atoms with Crippen molar-refractivity contribution in [2.45, 2.75) is 31.7 Å². The van der Waals surface area contributed by atoms with Crippen LogP contribution in [0.25, 0.3) is 16.9 Å². The molecule has 0 aliphatic carbocycles. The number of imidazole rings is 1. The van der Waals surface area contributed by atoms with Gasteiger partial charge < -0.3 is 5.11 Å². The Labute approximate surface area is 193 Å². The van der Waals surface area contributed by atoms with Crippen LogP contribution in [0.3, 0.4) is 0 Å². The fourth-order valence-electron chi connectivity index (χ4n) is 3.79. The van der Waals surface area contributed by atoms with Crippen molar-refractivity contribution in [1.29, 1.82) is 0 Å². The van der Waals surface area contributed by atoms with E-state index < -0.39 is 16.8 Å². The number of aromatic nitrogens is 5. The van der Waals surface area contributed by atoms with E-state index in [0.29, 0.717) is 0 Å². The third-order valence-electron chi connectivity index (χ3n) is 5.68. The first kappa shape index (κ1) is 22.7. The number of hydrogen-bond acceptors (Lipinski definition) is 6. The van der Waals surface area contributed by atoms with Crippen molar-refractivity contribution in [2.75, 3.05) is 6.26 Å². The van der Waals surface area contributed by atoms with E-state index in [1.165, 1.54) is 27.6 Å². The van der Waals surface area contributed by atoms with Gasteiger partial charge in [-0.05, 0) is 37.8 Å². The maximum atomic E-state index is 13.5. The number of nitrogens with zero attached hydrogens (tertiary/aromatic N) is 5. The predicted molar refractivity (Wildman–Crippen MR) is 130 cm³/mol. The van der Waals surface area contributed by atoms with E-state index in [1.807, 2.05) is 50.4 Å². The van der Waals surface area contributed by atoms with Crippen LogP contribution in [0.1, 0.15) is 25.0 Å². The molecule has 0 unspecified atom stereocenters. The van der Waals surface area contributed by atoms with Crippen molar-refractivity contribution >= 4 is 28.7 Å². The van der Waals surface area contributed by atoms with Crippen molar-refractivity contribution in [2.24, 2.45) is 14.1 Å². The van der Waals surface area contributed by atoms with Crippen LogP contribution in [0.2, 0.25) is 0 Å². The van der Waals surface area contributed by atoms with Crippen LogP contribution >= 0.6 is 11.8 Å². The normalized spacial score (nSPS) is 11.4. The van der Waals surface area contributed by atoms with Crippen LogP contribution < -0.4 is 16.8 Å². The molecular weight excluding hydrogens is 442 g/mol. The van der Waals surface area contributed by atoms with E-state index in [2.05, 4.69) is 4.98 Å². The van der Waals surface area contributed by atoms with Gasteiger partial charge in [-0.25, -0.2) is 9.20 Å². The summed E-state index contributed by atoms with van der Waals surface area (Å²) in [5, 5.41) is 11.1. The molecule has 0 saturated heterocycles. The SMILES string of the molecule is CSc1ccc(Cn2c(O)c(CC=C(C)C)c(=O)n3c4c(=O)n(C)c(=O)n(C)c4nc23)cc1. The molecule has 1 N–H and O–H groups in total.